The quantitative estimate of drug-likeness (QED) is 0.811. The minimum absolute atomic E-state index is 0.249. The van der Waals surface area contributed by atoms with Gasteiger partial charge < -0.3 is 11.1 Å². The highest BCUT2D eigenvalue weighted by Gasteiger charge is 2.39. The lowest BCUT2D eigenvalue weighted by Crippen LogP contribution is -2.50. The largest absolute Gasteiger partial charge is 0.353 e. The summed E-state index contributed by atoms with van der Waals surface area (Å²) in [6, 6.07) is 0.404. The topological polar surface area (TPSA) is 55.1 Å². The molecule has 0 aromatic rings. The second-order valence-electron chi connectivity index (χ2n) is 7.02. The lowest BCUT2D eigenvalue weighted by molar-refractivity contribution is -0.133. The van der Waals surface area contributed by atoms with Crippen LogP contribution in [0.15, 0.2) is 0 Å². The second-order valence-corrected chi connectivity index (χ2v) is 7.02. The highest BCUT2D eigenvalue weighted by molar-refractivity contribution is 5.83. The van der Waals surface area contributed by atoms with Crippen molar-refractivity contribution in [3.8, 4) is 0 Å². The standard InChI is InChI=1S/C17H32N2O/c1-2-6-14-7-9-15(10-8-14)19-16(20)17(13-18)11-4-3-5-12-17/h14-15H,2-13,18H2,1H3,(H,19,20). The molecule has 0 aromatic carbocycles. The highest BCUT2D eigenvalue weighted by atomic mass is 16.2. The summed E-state index contributed by atoms with van der Waals surface area (Å²) in [5.41, 5.74) is 5.69. The number of hydrogen-bond donors (Lipinski definition) is 2. The third-order valence-electron chi connectivity index (χ3n) is 5.56. The average molecular weight is 280 g/mol. The summed E-state index contributed by atoms with van der Waals surface area (Å²) in [6.07, 6.45) is 13.1. The molecule has 1 amide bonds. The fourth-order valence-corrected chi connectivity index (χ4v) is 4.09. The van der Waals surface area contributed by atoms with Crippen molar-refractivity contribution in [2.45, 2.75) is 83.6 Å². The molecule has 3 heteroatoms. The Morgan fingerprint density at radius 2 is 1.80 bits per heavy atom. The molecule has 3 N–H and O–H groups in total. The van der Waals surface area contributed by atoms with Crippen LogP contribution in [0, 0.1) is 11.3 Å². The molecular weight excluding hydrogens is 248 g/mol. The molecule has 0 bridgehead atoms. The molecule has 0 unspecified atom stereocenters. The number of carbonyl (C=O) groups is 1. The zero-order valence-electron chi connectivity index (χ0n) is 13.1. The number of hydrogen-bond acceptors (Lipinski definition) is 2. The average Bonchev–Trinajstić information content (AvgIpc) is 2.50. The van der Waals surface area contributed by atoms with E-state index in [1.54, 1.807) is 0 Å². The van der Waals surface area contributed by atoms with Crippen molar-refractivity contribution in [1.82, 2.24) is 5.32 Å². The van der Waals surface area contributed by atoms with Gasteiger partial charge in [-0.25, -0.2) is 0 Å². The number of carbonyl (C=O) groups excluding carboxylic acids is 1. The molecule has 0 spiro atoms. The van der Waals surface area contributed by atoms with Crippen molar-refractivity contribution in [1.29, 1.82) is 0 Å². The molecule has 116 valence electrons. The van der Waals surface area contributed by atoms with Gasteiger partial charge in [0.05, 0.1) is 5.41 Å². The van der Waals surface area contributed by atoms with Gasteiger partial charge in [0.25, 0.3) is 0 Å². The normalized spacial score (nSPS) is 29.9. The van der Waals surface area contributed by atoms with E-state index in [0.717, 1.165) is 44.4 Å². The fraction of sp³-hybridized carbons (Fsp3) is 0.941. The van der Waals surface area contributed by atoms with Crippen LogP contribution in [0.5, 0.6) is 0 Å². The molecule has 2 rings (SSSR count). The number of rotatable bonds is 5. The molecule has 0 aromatic heterocycles. The van der Waals surface area contributed by atoms with Crippen LogP contribution >= 0.6 is 0 Å². The van der Waals surface area contributed by atoms with Crippen molar-refractivity contribution in [2.75, 3.05) is 6.54 Å². The second kappa shape index (κ2) is 7.44. The van der Waals surface area contributed by atoms with Gasteiger partial charge in [-0.05, 0) is 44.4 Å². The van der Waals surface area contributed by atoms with Gasteiger partial charge in [-0.3, -0.25) is 4.79 Å². The van der Waals surface area contributed by atoms with Crippen LogP contribution in [-0.2, 0) is 4.79 Å². The molecule has 0 heterocycles. The maximum Gasteiger partial charge on any atom is 0.227 e. The van der Waals surface area contributed by atoms with Crippen LogP contribution in [-0.4, -0.2) is 18.5 Å². The van der Waals surface area contributed by atoms with E-state index in [9.17, 15) is 4.79 Å². The van der Waals surface area contributed by atoms with Crippen molar-refractivity contribution in [2.24, 2.45) is 17.1 Å². The molecule has 2 aliphatic rings. The first kappa shape index (κ1) is 15.8. The summed E-state index contributed by atoms with van der Waals surface area (Å²) < 4.78 is 0. The fourth-order valence-electron chi connectivity index (χ4n) is 4.09. The molecule has 0 aliphatic heterocycles. The lowest BCUT2D eigenvalue weighted by Gasteiger charge is -2.37. The Balaban J connectivity index is 1.82. The zero-order chi connectivity index (χ0) is 14.4. The summed E-state index contributed by atoms with van der Waals surface area (Å²) in [5.74, 6) is 1.14. The van der Waals surface area contributed by atoms with E-state index in [2.05, 4.69) is 12.2 Å². The Morgan fingerprint density at radius 3 is 2.35 bits per heavy atom. The predicted octanol–water partition coefficient (Wildman–Crippen LogP) is 3.37. The maximum absolute atomic E-state index is 12.6. The molecule has 2 aliphatic carbocycles. The summed E-state index contributed by atoms with van der Waals surface area (Å²) >= 11 is 0. The Bertz CT molecular complexity index is 302. The van der Waals surface area contributed by atoms with Crippen LogP contribution in [0.25, 0.3) is 0 Å². The van der Waals surface area contributed by atoms with E-state index in [4.69, 9.17) is 5.73 Å². The Morgan fingerprint density at radius 1 is 1.15 bits per heavy atom. The van der Waals surface area contributed by atoms with Gasteiger partial charge in [-0.1, -0.05) is 39.0 Å². The minimum atomic E-state index is -0.251. The van der Waals surface area contributed by atoms with E-state index in [-0.39, 0.29) is 11.3 Å². The molecule has 2 saturated carbocycles. The highest BCUT2D eigenvalue weighted by Crippen LogP contribution is 2.36. The van der Waals surface area contributed by atoms with E-state index < -0.39 is 0 Å². The van der Waals surface area contributed by atoms with E-state index in [1.807, 2.05) is 0 Å². The first-order chi connectivity index (χ1) is 9.70. The zero-order valence-corrected chi connectivity index (χ0v) is 13.1. The first-order valence-corrected chi connectivity index (χ1v) is 8.71. The lowest BCUT2D eigenvalue weighted by atomic mass is 9.73. The summed E-state index contributed by atoms with van der Waals surface area (Å²) in [7, 11) is 0. The Hall–Kier alpha value is -0.570. The van der Waals surface area contributed by atoms with Crippen molar-refractivity contribution < 1.29 is 4.79 Å². The minimum Gasteiger partial charge on any atom is -0.353 e. The van der Waals surface area contributed by atoms with Crippen LogP contribution in [0.4, 0.5) is 0 Å². The van der Waals surface area contributed by atoms with Crippen LogP contribution in [0.2, 0.25) is 0 Å². The van der Waals surface area contributed by atoms with Gasteiger partial charge in [0.1, 0.15) is 0 Å². The monoisotopic (exact) mass is 280 g/mol. The maximum atomic E-state index is 12.6. The molecule has 0 saturated heterocycles. The molecular formula is C17H32N2O. The number of nitrogens with two attached hydrogens (primary N) is 1. The van der Waals surface area contributed by atoms with Crippen LogP contribution in [0.1, 0.15) is 77.6 Å². The van der Waals surface area contributed by atoms with Gasteiger partial charge in [0.15, 0.2) is 0 Å². The number of amides is 1. The Kier molecular flexibility index (Phi) is 5.88. The molecule has 0 radical (unpaired) electrons. The summed E-state index contributed by atoms with van der Waals surface area (Å²) in [6.45, 7) is 2.78. The van der Waals surface area contributed by atoms with Crippen LogP contribution in [0.3, 0.4) is 0 Å². The number of nitrogens with one attached hydrogen (secondary N) is 1. The predicted molar refractivity (Wildman–Crippen MR) is 83.4 cm³/mol. The molecule has 3 nitrogen and oxygen atoms in total. The Labute approximate surface area is 124 Å². The third kappa shape index (κ3) is 3.75. The van der Waals surface area contributed by atoms with Crippen molar-refractivity contribution >= 4 is 5.91 Å². The molecule has 0 atom stereocenters. The summed E-state index contributed by atoms with van der Waals surface area (Å²) in [5, 5.41) is 3.32. The van der Waals surface area contributed by atoms with Gasteiger partial charge in [0, 0.05) is 12.6 Å². The van der Waals surface area contributed by atoms with E-state index in [0.29, 0.717) is 12.6 Å². The smallest absolute Gasteiger partial charge is 0.227 e. The molecule has 2 fully saturated rings. The van der Waals surface area contributed by atoms with Crippen molar-refractivity contribution in [3.63, 3.8) is 0 Å². The van der Waals surface area contributed by atoms with Gasteiger partial charge in [-0.2, -0.15) is 0 Å². The van der Waals surface area contributed by atoms with Gasteiger partial charge in [-0.15, -0.1) is 0 Å². The van der Waals surface area contributed by atoms with E-state index in [1.165, 1.54) is 32.1 Å². The SMILES string of the molecule is CCCC1CCC(NC(=O)C2(CN)CCCCC2)CC1. The van der Waals surface area contributed by atoms with E-state index >= 15 is 0 Å². The van der Waals surface area contributed by atoms with Crippen LogP contribution < -0.4 is 11.1 Å². The third-order valence-corrected chi connectivity index (χ3v) is 5.56. The van der Waals surface area contributed by atoms with Gasteiger partial charge in [0.2, 0.25) is 5.91 Å². The molecule has 20 heavy (non-hydrogen) atoms. The first-order valence-electron chi connectivity index (χ1n) is 8.71. The summed E-state index contributed by atoms with van der Waals surface area (Å²) in [4.78, 5) is 12.6. The van der Waals surface area contributed by atoms with Gasteiger partial charge >= 0.3 is 0 Å². The van der Waals surface area contributed by atoms with Crippen molar-refractivity contribution in [3.05, 3.63) is 0 Å².